The summed E-state index contributed by atoms with van der Waals surface area (Å²) in [6.07, 6.45) is 5.11. The third-order valence-corrected chi connectivity index (χ3v) is 3.36. The highest BCUT2D eigenvalue weighted by atomic mass is 16.5. The van der Waals surface area contributed by atoms with E-state index in [0.717, 1.165) is 25.7 Å². The number of aliphatic hydroxyl groups excluding tert-OH is 1. The van der Waals surface area contributed by atoms with Gasteiger partial charge in [0.05, 0.1) is 23.9 Å². The van der Waals surface area contributed by atoms with Crippen LogP contribution in [0.3, 0.4) is 0 Å². The van der Waals surface area contributed by atoms with Gasteiger partial charge in [0, 0.05) is 0 Å². The third-order valence-electron chi connectivity index (χ3n) is 3.36. The average Bonchev–Trinajstić information content (AvgIpc) is 2.15. The molecule has 0 aromatic carbocycles. The summed E-state index contributed by atoms with van der Waals surface area (Å²) in [5.41, 5.74) is 0.455. The molecule has 3 atom stereocenters. The third kappa shape index (κ3) is 2.41. The van der Waals surface area contributed by atoms with Gasteiger partial charge in [-0.25, -0.2) is 0 Å². The van der Waals surface area contributed by atoms with Crippen LogP contribution in [0.2, 0.25) is 0 Å². The second kappa shape index (κ2) is 3.89. The first-order valence-electron chi connectivity index (χ1n) is 5.73. The molecule has 0 unspecified atom stereocenters. The van der Waals surface area contributed by atoms with Crippen molar-refractivity contribution in [2.75, 3.05) is 0 Å². The maximum atomic E-state index is 9.89. The van der Waals surface area contributed by atoms with Crippen LogP contribution in [0.5, 0.6) is 0 Å². The van der Waals surface area contributed by atoms with Gasteiger partial charge in [0.15, 0.2) is 0 Å². The van der Waals surface area contributed by atoms with Gasteiger partial charge in [-0.15, -0.1) is 0 Å². The molecule has 1 heterocycles. The monoisotopic (exact) mass is 212 g/mol. The summed E-state index contributed by atoms with van der Waals surface area (Å²) in [5, 5.41) is 19.4. The Morgan fingerprint density at radius 2 is 2.07 bits per heavy atom. The number of hydrogen-bond acceptors (Lipinski definition) is 3. The number of rotatable bonds is 1. The average molecular weight is 212 g/mol. The van der Waals surface area contributed by atoms with E-state index >= 15 is 0 Å². The molecule has 2 aliphatic rings. The lowest BCUT2D eigenvalue weighted by Crippen LogP contribution is -2.45. The largest absolute Gasteiger partial charge is 0.389 e. The predicted octanol–water partition coefficient (Wildman–Crippen LogP) is 1.39. The molecule has 0 radical (unpaired) electrons. The fourth-order valence-electron chi connectivity index (χ4n) is 2.43. The molecule has 0 spiro atoms. The Hall–Kier alpha value is -0.380. The van der Waals surface area contributed by atoms with Crippen LogP contribution >= 0.6 is 0 Å². The zero-order valence-electron chi connectivity index (χ0n) is 9.44. The molecule has 3 heteroatoms. The smallest absolute Gasteiger partial charge is 0.0867 e. The van der Waals surface area contributed by atoms with Crippen LogP contribution in [0.1, 0.15) is 39.5 Å². The Kier molecular flexibility index (Phi) is 2.88. The topological polar surface area (TPSA) is 49.7 Å². The number of ether oxygens (including phenoxy) is 1. The Balaban J connectivity index is 2.05. The first-order chi connectivity index (χ1) is 6.97. The minimum absolute atomic E-state index is 0.0742. The molecular formula is C12H20O3. The van der Waals surface area contributed by atoms with Crippen molar-refractivity contribution in [1.82, 2.24) is 0 Å². The van der Waals surface area contributed by atoms with Crippen LogP contribution in [0.4, 0.5) is 0 Å². The zero-order chi connectivity index (χ0) is 11.1. The van der Waals surface area contributed by atoms with E-state index < -0.39 is 5.60 Å². The summed E-state index contributed by atoms with van der Waals surface area (Å²) in [7, 11) is 0. The van der Waals surface area contributed by atoms with Crippen molar-refractivity contribution in [2.45, 2.75) is 63.4 Å². The van der Waals surface area contributed by atoms with E-state index in [4.69, 9.17) is 4.74 Å². The second-order valence-electron chi connectivity index (χ2n) is 5.19. The second-order valence-corrected chi connectivity index (χ2v) is 5.19. The van der Waals surface area contributed by atoms with Crippen molar-refractivity contribution < 1.29 is 14.9 Å². The van der Waals surface area contributed by atoms with Gasteiger partial charge < -0.3 is 14.9 Å². The first-order valence-corrected chi connectivity index (χ1v) is 5.73. The lowest BCUT2D eigenvalue weighted by atomic mass is 9.85. The lowest BCUT2D eigenvalue weighted by molar-refractivity contribution is -0.129. The summed E-state index contributed by atoms with van der Waals surface area (Å²) < 4.78 is 5.87. The summed E-state index contributed by atoms with van der Waals surface area (Å²) in [4.78, 5) is 0. The fourth-order valence-corrected chi connectivity index (χ4v) is 2.43. The Morgan fingerprint density at radius 1 is 1.33 bits per heavy atom. The molecule has 15 heavy (non-hydrogen) atoms. The van der Waals surface area contributed by atoms with Crippen molar-refractivity contribution in [3.05, 3.63) is 11.6 Å². The van der Waals surface area contributed by atoms with Gasteiger partial charge in [0.25, 0.3) is 0 Å². The highest BCUT2D eigenvalue weighted by Gasteiger charge is 2.36. The van der Waals surface area contributed by atoms with Crippen LogP contribution in [0.25, 0.3) is 0 Å². The molecular weight excluding hydrogens is 192 g/mol. The van der Waals surface area contributed by atoms with E-state index in [1.165, 1.54) is 5.57 Å². The van der Waals surface area contributed by atoms with Gasteiger partial charge >= 0.3 is 0 Å². The van der Waals surface area contributed by atoms with E-state index in [-0.39, 0.29) is 18.3 Å². The molecule has 1 aliphatic carbocycles. The van der Waals surface area contributed by atoms with Crippen molar-refractivity contribution in [3.63, 3.8) is 0 Å². The molecule has 0 saturated carbocycles. The van der Waals surface area contributed by atoms with Crippen LogP contribution in [-0.4, -0.2) is 34.1 Å². The van der Waals surface area contributed by atoms with Crippen molar-refractivity contribution in [1.29, 1.82) is 0 Å². The lowest BCUT2D eigenvalue weighted by Gasteiger charge is -2.40. The predicted molar refractivity (Wildman–Crippen MR) is 57.5 cm³/mol. The molecule has 1 saturated heterocycles. The van der Waals surface area contributed by atoms with Crippen molar-refractivity contribution in [3.8, 4) is 0 Å². The maximum absolute atomic E-state index is 9.89. The van der Waals surface area contributed by atoms with E-state index in [9.17, 15) is 10.2 Å². The molecule has 0 aromatic heterocycles. The van der Waals surface area contributed by atoms with E-state index in [1.54, 1.807) is 13.8 Å². The van der Waals surface area contributed by atoms with Crippen molar-refractivity contribution >= 4 is 0 Å². The molecule has 3 nitrogen and oxygen atoms in total. The number of aliphatic hydroxyl groups is 2. The van der Waals surface area contributed by atoms with Crippen molar-refractivity contribution in [2.24, 2.45) is 0 Å². The SMILES string of the molecule is CC(C)(O)[C@H]1CCC2=C[C@@H](O)CC[C@H]2O1. The molecule has 0 bridgehead atoms. The molecule has 2 rings (SSSR count). The van der Waals surface area contributed by atoms with Gasteiger partial charge in [-0.3, -0.25) is 0 Å². The molecule has 2 N–H and O–H groups in total. The summed E-state index contributed by atoms with van der Waals surface area (Å²) in [5.74, 6) is 0. The maximum Gasteiger partial charge on any atom is 0.0867 e. The quantitative estimate of drug-likeness (QED) is 0.646. The van der Waals surface area contributed by atoms with E-state index in [0.29, 0.717) is 0 Å². The molecule has 86 valence electrons. The first kappa shape index (κ1) is 11.1. The van der Waals surface area contributed by atoms with Gasteiger partial charge in [0.1, 0.15) is 0 Å². The standard InChI is InChI=1S/C12H20O3/c1-12(2,14)11-6-3-8-7-9(13)4-5-10(8)15-11/h7,9-11,13-14H,3-6H2,1-2H3/t9-,10+,11+/m0/s1. The highest BCUT2D eigenvalue weighted by Crippen LogP contribution is 2.35. The molecule has 0 amide bonds. The van der Waals surface area contributed by atoms with E-state index in [2.05, 4.69) is 0 Å². The normalized spacial score (nSPS) is 37.1. The van der Waals surface area contributed by atoms with E-state index in [1.807, 2.05) is 6.08 Å². The fraction of sp³-hybridized carbons (Fsp3) is 0.833. The zero-order valence-corrected chi connectivity index (χ0v) is 9.44. The summed E-state index contributed by atoms with van der Waals surface area (Å²) in [6, 6.07) is 0. The summed E-state index contributed by atoms with van der Waals surface area (Å²) >= 11 is 0. The Morgan fingerprint density at radius 3 is 2.73 bits per heavy atom. The van der Waals surface area contributed by atoms with Crippen LogP contribution in [0, 0.1) is 0 Å². The highest BCUT2D eigenvalue weighted by molar-refractivity contribution is 5.17. The molecule has 1 aliphatic heterocycles. The Labute approximate surface area is 90.8 Å². The molecule has 0 aromatic rings. The van der Waals surface area contributed by atoms with Crippen LogP contribution < -0.4 is 0 Å². The van der Waals surface area contributed by atoms with Gasteiger partial charge in [-0.2, -0.15) is 0 Å². The summed E-state index contributed by atoms with van der Waals surface area (Å²) in [6.45, 7) is 3.59. The van der Waals surface area contributed by atoms with Crippen LogP contribution in [-0.2, 0) is 4.74 Å². The number of hydrogen-bond donors (Lipinski definition) is 2. The van der Waals surface area contributed by atoms with Gasteiger partial charge in [-0.05, 0) is 45.1 Å². The van der Waals surface area contributed by atoms with Gasteiger partial charge in [0.2, 0.25) is 0 Å². The Bertz CT molecular complexity index is 265. The number of fused-ring (bicyclic) bond motifs is 1. The van der Waals surface area contributed by atoms with Gasteiger partial charge in [-0.1, -0.05) is 6.08 Å². The van der Waals surface area contributed by atoms with Crippen LogP contribution in [0.15, 0.2) is 11.6 Å². The minimum atomic E-state index is -0.762. The molecule has 1 fully saturated rings. The minimum Gasteiger partial charge on any atom is -0.389 e.